The zero-order valence-corrected chi connectivity index (χ0v) is 12.0. The lowest BCUT2D eigenvalue weighted by Crippen LogP contribution is -2.23. The lowest BCUT2D eigenvalue weighted by Gasteiger charge is -2.13. The van der Waals surface area contributed by atoms with Gasteiger partial charge in [-0.25, -0.2) is 9.07 Å². The van der Waals surface area contributed by atoms with Gasteiger partial charge in [0, 0.05) is 12.6 Å². The van der Waals surface area contributed by atoms with Crippen molar-refractivity contribution in [1.82, 2.24) is 20.3 Å². The van der Waals surface area contributed by atoms with Crippen LogP contribution in [0.5, 0.6) is 0 Å². The molecule has 21 heavy (non-hydrogen) atoms. The molecule has 3 rings (SSSR count). The van der Waals surface area contributed by atoms with Crippen LogP contribution in [0.1, 0.15) is 19.4 Å². The van der Waals surface area contributed by atoms with Crippen LogP contribution in [0.2, 0.25) is 0 Å². The van der Waals surface area contributed by atoms with Crippen molar-refractivity contribution in [2.45, 2.75) is 26.4 Å². The summed E-state index contributed by atoms with van der Waals surface area (Å²) < 4.78 is 15.3. The molecule has 0 spiro atoms. The number of para-hydroxylation sites is 1. The molecule has 0 unspecified atom stereocenters. The lowest BCUT2D eigenvalue weighted by molar-refractivity contribution is 0.578. The first kappa shape index (κ1) is 13.7. The van der Waals surface area contributed by atoms with Crippen LogP contribution in [0.3, 0.4) is 0 Å². The molecule has 5 heteroatoms. The Labute approximate surface area is 122 Å². The number of hydrogen-bond acceptors (Lipinski definition) is 3. The van der Waals surface area contributed by atoms with E-state index in [1.807, 2.05) is 24.3 Å². The summed E-state index contributed by atoms with van der Waals surface area (Å²) in [6, 6.07) is 12.8. The third-order valence-corrected chi connectivity index (χ3v) is 3.32. The molecule has 0 radical (unpaired) electrons. The van der Waals surface area contributed by atoms with E-state index in [1.165, 1.54) is 6.07 Å². The molecule has 0 aliphatic heterocycles. The first-order valence-corrected chi connectivity index (χ1v) is 6.98. The van der Waals surface area contributed by atoms with Gasteiger partial charge in [-0.05, 0) is 35.9 Å². The maximum absolute atomic E-state index is 13.6. The summed E-state index contributed by atoms with van der Waals surface area (Å²) in [5.41, 5.74) is 3.44. The topological polar surface area (TPSA) is 42.7 Å². The zero-order chi connectivity index (χ0) is 14.8. The first-order chi connectivity index (χ1) is 10.1. The minimum Gasteiger partial charge on any atom is -0.310 e. The molecular weight excluding hydrogens is 267 g/mol. The van der Waals surface area contributed by atoms with Crippen LogP contribution in [-0.2, 0) is 6.54 Å². The molecule has 0 saturated carbocycles. The van der Waals surface area contributed by atoms with Gasteiger partial charge >= 0.3 is 0 Å². The average molecular weight is 284 g/mol. The van der Waals surface area contributed by atoms with Gasteiger partial charge in [0.25, 0.3) is 0 Å². The minimum atomic E-state index is -0.247. The lowest BCUT2D eigenvalue weighted by atomic mass is 10.1. The summed E-state index contributed by atoms with van der Waals surface area (Å²) in [5.74, 6) is -0.247. The molecule has 0 bridgehead atoms. The summed E-state index contributed by atoms with van der Waals surface area (Å²) in [6.07, 6.45) is 0. The summed E-state index contributed by atoms with van der Waals surface area (Å²) in [7, 11) is 0. The number of benzene rings is 2. The molecule has 0 saturated heterocycles. The third-order valence-electron chi connectivity index (χ3n) is 3.32. The van der Waals surface area contributed by atoms with Crippen molar-refractivity contribution in [3.8, 4) is 5.69 Å². The molecule has 3 aromatic rings. The van der Waals surface area contributed by atoms with Gasteiger partial charge in [0.05, 0.1) is 11.2 Å². The number of hydrogen-bond donors (Lipinski definition) is 1. The summed E-state index contributed by atoms with van der Waals surface area (Å²) >= 11 is 0. The van der Waals surface area contributed by atoms with Crippen molar-refractivity contribution in [1.29, 1.82) is 0 Å². The van der Waals surface area contributed by atoms with E-state index in [0.717, 1.165) is 22.3 Å². The van der Waals surface area contributed by atoms with Gasteiger partial charge in [0.1, 0.15) is 11.3 Å². The van der Waals surface area contributed by atoms with E-state index in [4.69, 9.17) is 0 Å². The van der Waals surface area contributed by atoms with E-state index < -0.39 is 0 Å². The van der Waals surface area contributed by atoms with E-state index in [2.05, 4.69) is 29.5 Å². The normalized spacial score (nSPS) is 11.4. The maximum atomic E-state index is 13.6. The Morgan fingerprint density at radius 2 is 2.00 bits per heavy atom. The molecule has 2 aromatic carbocycles. The molecule has 0 atom stereocenters. The van der Waals surface area contributed by atoms with Crippen molar-refractivity contribution in [2.75, 3.05) is 0 Å². The number of nitrogens with zero attached hydrogens (tertiary/aromatic N) is 3. The third kappa shape index (κ3) is 2.78. The van der Waals surface area contributed by atoms with E-state index in [9.17, 15) is 4.39 Å². The van der Waals surface area contributed by atoms with Crippen molar-refractivity contribution in [2.24, 2.45) is 0 Å². The van der Waals surface area contributed by atoms with Crippen LogP contribution in [0, 0.1) is 5.82 Å². The fraction of sp³-hybridized carbons (Fsp3) is 0.250. The molecule has 0 aliphatic rings. The van der Waals surface area contributed by atoms with E-state index in [-0.39, 0.29) is 5.82 Å². The van der Waals surface area contributed by atoms with Gasteiger partial charge < -0.3 is 5.32 Å². The van der Waals surface area contributed by atoms with Crippen molar-refractivity contribution in [3.05, 3.63) is 53.8 Å². The fourth-order valence-electron chi connectivity index (χ4n) is 2.26. The molecule has 4 nitrogen and oxygen atoms in total. The predicted octanol–water partition coefficient (Wildman–Crippen LogP) is 3.06. The zero-order valence-electron chi connectivity index (χ0n) is 12.0. The molecule has 0 fully saturated rings. The fourth-order valence-corrected chi connectivity index (χ4v) is 2.26. The van der Waals surface area contributed by atoms with E-state index in [0.29, 0.717) is 12.6 Å². The Bertz CT molecular complexity index is 764. The summed E-state index contributed by atoms with van der Waals surface area (Å²) in [4.78, 5) is 0. The van der Waals surface area contributed by atoms with E-state index >= 15 is 0 Å². The highest BCUT2D eigenvalue weighted by Crippen LogP contribution is 2.20. The number of nitrogens with one attached hydrogen (secondary N) is 1. The highest BCUT2D eigenvalue weighted by molar-refractivity contribution is 5.76. The van der Waals surface area contributed by atoms with E-state index in [1.54, 1.807) is 16.8 Å². The predicted molar refractivity (Wildman–Crippen MR) is 80.8 cm³/mol. The average Bonchev–Trinajstić information content (AvgIpc) is 2.89. The molecule has 108 valence electrons. The quantitative estimate of drug-likeness (QED) is 0.800. The highest BCUT2D eigenvalue weighted by Gasteiger charge is 2.11. The highest BCUT2D eigenvalue weighted by atomic mass is 19.1. The molecular formula is C16H17FN4. The van der Waals surface area contributed by atoms with Crippen LogP contribution < -0.4 is 5.32 Å². The van der Waals surface area contributed by atoms with Crippen molar-refractivity contribution >= 4 is 11.0 Å². The van der Waals surface area contributed by atoms with Crippen LogP contribution >= 0.6 is 0 Å². The van der Waals surface area contributed by atoms with Crippen LogP contribution in [-0.4, -0.2) is 21.0 Å². The van der Waals surface area contributed by atoms with Gasteiger partial charge in [0.2, 0.25) is 0 Å². The number of aromatic nitrogens is 3. The second-order valence-corrected chi connectivity index (χ2v) is 5.30. The van der Waals surface area contributed by atoms with Gasteiger partial charge in [0.15, 0.2) is 0 Å². The Hall–Kier alpha value is -2.27. The van der Waals surface area contributed by atoms with Gasteiger partial charge in [-0.1, -0.05) is 31.2 Å². The Morgan fingerprint density at radius 3 is 2.81 bits per heavy atom. The van der Waals surface area contributed by atoms with Crippen molar-refractivity contribution in [3.63, 3.8) is 0 Å². The van der Waals surface area contributed by atoms with Crippen molar-refractivity contribution < 1.29 is 4.39 Å². The molecule has 1 N–H and O–H groups in total. The monoisotopic (exact) mass is 284 g/mol. The van der Waals surface area contributed by atoms with Gasteiger partial charge in [-0.2, -0.15) is 0 Å². The SMILES string of the molecule is CC(C)NCc1cc(F)ccc1-n1nnc2ccccc21. The molecule has 1 aromatic heterocycles. The second-order valence-electron chi connectivity index (χ2n) is 5.30. The van der Waals surface area contributed by atoms with Gasteiger partial charge in [-0.15, -0.1) is 5.10 Å². The number of halogens is 1. The molecule has 0 amide bonds. The minimum absolute atomic E-state index is 0.247. The maximum Gasteiger partial charge on any atom is 0.123 e. The smallest absolute Gasteiger partial charge is 0.123 e. The number of fused-ring (bicyclic) bond motifs is 1. The Morgan fingerprint density at radius 1 is 1.19 bits per heavy atom. The van der Waals surface area contributed by atoms with Crippen LogP contribution in [0.25, 0.3) is 16.7 Å². The number of rotatable bonds is 4. The van der Waals surface area contributed by atoms with Crippen LogP contribution in [0.15, 0.2) is 42.5 Å². The molecule has 0 aliphatic carbocycles. The summed E-state index contributed by atoms with van der Waals surface area (Å²) in [6.45, 7) is 4.70. The Balaban J connectivity index is 2.09. The standard InChI is InChI=1S/C16H17FN4/c1-11(2)18-10-12-9-13(17)7-8-15(12)21-16-6-4-3-5-14(16)19-20-21/h3-9,11,18H,10H2,1-2H3. The largest absolute Gasteiger partial charge is 0.310 e. The second kappa shape index (κ2) is 5.61. The van der Waals surface area contributed by atoms with Crippen LogP contribution in [0.4, 0.5) is 4.39 Å². The first-order valence-electron chi connectivity index (χ1n) is 6.98. The molecule has 1 heterocycles. The summed E-state index contributed by atoms with van der Waals surface area (Å²) in [5, 5.41) is 11.7. The Kier molecular flexibility index (Phi) is 3.66. The van der Waals surface area contributed by atoms with Gasteiger partial charge in [-0.3, -0.25) is 0 Å².